The van der Waals surface area contributed by atoms with Gasteiger partial charge in [0, 0.05) is 11.8 Å². The number of benzene rings is 1. The number of aryl methyl sites for hydroxylation is 1. The van der Waals surface area contributed by atoms with Gasteiger partial charge in [-0.25, -0.2) is 4.52 Å². The predicted octanol–water partition coefficient (Wildman–Crippen LogP) is 2.30. The second-order valence-electron chi connectivity index (χ2n) is 4.37. The van der Waals surface area contributed by atoms with Crippen molar-refractivity contribution in [2.24, 2.45) is 0 Å². The van der Waals surface area contributed by atoms with Gasteiger partial charge in [-0.05, 0) is 36.2 Å². The lowest BCUT2D eigenvalue weighted by molar-refractivity contribution is 0.415. The maximum atomic E-state index is 5.61. The van der Waals surface area contributed by atoms with Crippen LogP contribution in [0.2, 0.25) is 0 Å². The maximum Gasteiger partial charge on any atom is 0.240 e. The van der Waals surface area contributed by atoms with E-state index in [0.717, 1.165) is 28.1 Å². The van der Waals surface area contributed by atoms with Crippen molar-refractivity contribution in [1.29, 1.82) is 0 Å². The number of ether oxygens (including phenoxy) is 1. The van der Waals surface area contributed by atoms with Crippen molar-refractivity contribution in [1.82, 2.24) is 14.6 Å². The molecule has 5 nitrogen and oxygen atoms in total. The first-order valence-electron chi connectivity index (χ1n) is 5.94. The van der Waals surface area contributed by atoms with Crippen LogP contribution < -0.4 is 10.5 Å². The third kappa shape index (κ3) is 1.99. The highest BCUT2D eigenvalue weighted by atomic mass is 16.5. The number of nitrogen functional groups attached to an aromatic ring is 1. The van der Waals surface area contributed by atoms with Crippen LogP contribution in [0.4, 0.5) is 5.95 Å². The summed E-state index contributed by atoms with van der Waals surface area (Å²) >= 11 is 0. The topological polar surface area (TPSA) is 65.4 Å². The van der Waals surface area contributed by atoms with E-state index in [2.05, 4.69) is 10.1 Å². The Morgan fingerprint density at radius 3 is 2.89 bits per heavy atom. The van der Waals surface area contributed by atoms with E-state index in [4.69, 9.17) is 10.5 Å². The number of fused-ring (bicyclic) bond motifs is 1. The molecular formula is C14H14N4O. The zero-order valence-electron chi connectivity index (χ0n) is 10.8. The van der Waals surface area contributed by atoms with Crippen molar-refractivity contribution in [3.63, 3.8) is 0 Å². The minimum absolute atomic E-state index is 0.280. The highest BCUT2D eigenvalue weighted by molar-refractivity contribution is 5.70. The fourth-order valence-electron chi connectivity index (χ4n) is 2.13. The second kappa shape index (κ2) is 4.28. The highest BCUT2D eigenvalue weighted by Crippen LogP contribution is 2.27. The van der Waals surface area contributed by atoms with Crippen molar-refractivity contribution in [3.8, 4) is 16.9 Å². The van der Waals surface area contributed by atoms with Gasteiger partial charge in [-0.15, -0.1) is 5.10 Å². The molecule has 0 saturated carbocycles. The van der Waals surface area contributed by atoms with E-state index in [1.54, 1.807) is 11.6 Å². The van der Waals surface area contributed by atoms with E-state index in [-0.39, 0.29) is 5.95 Å². The number of anilines is 1. The Bertz CT molecular complexity index is 748. The number of rotatable bonds is 2. The van der Waals surface area contributed by atoms with E-state index in [1.165, 1.54) is 0 Å². The van der Waals surface area contributed by atoms with Gasteiger partial charge in [-0.3, -0.25) is 0 Å². The van der Waals surface area contributed by atoms with Crippen molar-refractivity contribution in [2.75, 3.05) is 12.8 Å². The summed E-state index contributed by atoms with van der Waals surface area (Å²) in [6, 6.07) is 9.89. The third-order valence-corrected chi connectivity index (χ3v) is 3.08. The Morgan fingerprint density at radius 2 is 2.11 bits per heavy atom. The molecule has 0 spiro atoms. The summed E-state index contributed by atoms with van der Waals surface area (Å²) in [6.45, 7) is 2.04. The standard InChI is InChI=1S/C14H14N4O/c1-9-6-13-16-14(15)17-18(13)8-12(9)10-4-3-5-11(7-10)19-2/h3-8H,1-2H3,(H2,15,17). The van der Waals surface area contributed by atoms with Crippen molar-refractivity contribution in [3.05, 3.63) is 42.1 Å². The fourth-order valence-corrected chi connectivity index (χ4v) is 2.13. The van der Waals surface area contributed by atoms with Crippen LogP contribution in [-0.4, -0.2) is 21.7 Å². The molecule has 2 heterocycles. The summed E-state index contributed by atoms with van der Waals surface area (Å²) in [7, 11) is 1.66. The smallest absolute Gasteiger partial charge is 0.240 e. The van der Waals surface area contributed by atoms with E-state index < -0.39 is 0 Å². The van der Waals surface area contributed by atoms with Crippen LogP contribution in [0.25, 0.3) is 16.8 Å². The van der Waals surface area contributed by atoms with Crippen LogP contribution >= 0.6 is 0 Å². The molecule has 0 aliphatic rings. The Hall–Kier alpha value is -2.56. The van der Waals surface area contributed by atoms with Gasteiger partial charge in [0.05, 0.1) is 7.11 Å². The second-order valence-corrected chi connectivity index (χ2v) is 4.37. The number of nitrogens with two attached hydrogens (primary N) is 1. The molecule has 0 fully saturated rings. The molecule has 19 heavy (non-hydrogen) atoms. The van der Waals surface area contributed by atoms with Gasteiger partial charge >= 0.3 is 0 Å². The summed E-state index contributed by atoms with van der Waals surface area (Å²) in [4.78, 5) is 4.15. The lowest BCUT2D eigenvalue weighted by Crippen LogP contribution is -1.93. The quantitative estimate of drug-likeness (QED) is 0.762. The van der Waals surface area contributed by atoms with E-state index >= 15 is 0 Å². The molecule has 96 valence electrons. The largest absolute Gasteiger partial charge is 0.497 e. The van der Waals surface area contributed by atoms with Crippen LogP contribution in [0.1, 0.15) is 5.56 Å². The SMILES string of the molecule is COc1cccc(-c2cn3nc(N)nc3cc2C)c1. The summed E-state index contributed by atoms with van der Waals surface area (Å²) in [5, 5.41) is 4.14. The molecule has 0 aliphatic carbocycles. The van der Waals surface area contributed by atoms with Gasteiger partial charge in [-0.2, -0.15) is 4.98 Å². The summed E-state index contributed by atoms with van der Waals surface area (Å²) in [5.41, 5.74) is 9.64. The summed E-state index contributed by atoms with van der Waals surface area (Å²) < 4.78 is 6.94. The first-order valence-corrected chi connectivity index (χ1v) is 5.94. The average molecular weight is 254 g/mol. The first kappa shape index (κ1) is 11.5. The maximum absolute atomic E-state index is 5.61. The van der Waals surface area contributed by atoms with Gasteiger partial charge in [0.1, 0.15) is 5.75 Å². The van der Waals surface area contributed by atoms with Crippen LogP contribution in [-0.2, 0) is 0 Å². The number of nitrogens with zero attached hydrogens (tertiary/aromatic N) is 3. The van der Waals surface area contributed by atoms with Crippen molar-refractivity contribution >= 4 is 11.6 Å². The Balaban J connectivity index is 2.20. The summed E-state index contributed by atoms with van der Waals surface area (Å²) in [6.07, 6.45) is 1.93. The molecule has 0 radical (unpaired) electrons. The van der Waals surface area contributed by atoms with Crippen molar-refractivity contribution in [2.45, 2.75) is 6.92 Å². The normalized spacial score (nSPS) is 10.8. The minimum Gasteiger partial charge on any atom is -0.497 e. The molecule has 1 aromatic carbocycles. The molecule has 2 N–H and O–H groups in total. The van der Waals surface area contributed by atoms with Gasteiger partial charge in [0.2, 0.25) is 5.95 Å². The van der Waals surface area contributed by atoms with Crippen LogP contribution in [0.5, 0.6) is 5.75 Å². The third-order valence-electron chi connectivity index (χ3n) is 3.08. The fraction of sp³-hybridized carbons (Fsp3) is 0.143. The monoisotopic (exact) mass is 254 g/mol. The highest BCUT2D eigenvalue weighted by Gasteiger charge is 2.08. The van der Waals surface area contributed by atoms with E-state index in [0.29, 0.717) is 0 Å². The van der Waals surface area contributed by atoms with Gasteiger partial charge in [0.25, 0.3) is 0 Å². The van der Waals surface area contributed by atoms with Crippen molar-refractivity contribution < 1.29 is 4.74 Å². The van der Waals surface area contributed by atoms with E-state index in [9.17, 15) is 0 Å². The minimum atomic E-state index is 0.280. The first-order chi connectivity index (χ1) is 9.17. The lowest BCUT2D eigenvalue weighted by Gasteiger charge is -2.08. The number of methoxy groups -OCH3 is 1. The van der Waals surface area contributed by atoms with E-state index in [1.807, 2.05) is 43.5 Å². The lowest BCUT2D eigenvalue weighted by atomic mass is 10.0. The van der Waals surface area contributed by atoms with Crippen LogP contribution in [0, 0.1) is 6.92 Å². The molecule has 3 aromatic rings. The summed E-state index contributed by atoms with van der Waals surface area (Å²) in [5.74, 6) is 1.11. The molecular weight excluding hydrogens is 240 g/mol. The predicted molar refractivity (Wildman–Crippen MR) is 74.1 cm³/mol. The Labute approximate surface area is 110 Å². The number of aromatic nitrogens is 3. The molecule has 2 aromatic heterocycles. The zero-order chi connectivity index (χ0) is 13.4. The number of hydrogen-bond acceptors (Lipinski definition) is 4. The Kier molecular flexibility index (Phi) is 2.59. The van der Waals surface area contributed by atoms with Gasteiger partial charge in [0.15, 0.2) is 5.65 Å². The van der Waals surface area contributed by atoms with Crippen LogP contribution in [0.3, 0.4) is 0 Å². The zero-order valence-corrected chi connectivity index (χ0v) is 10.8. The average Bonchev–Trinajstić information content (AvgIpc) is 2.77. The number of pyridine rings is 1. The Morgan fingerprint density at radius 1 is 1.26 bits per heavy atom. The molecule has 3 rings (SSSR count). The molecule has 0 saturated heterocycles. The molecule has 0 atom stereocenters. The van der Waals surface area contributed by atoms with Gasteiger partial charge in [-0.1, -0.05) is 12.1 Å². The molecule has 0 unspecified atom stereocenters. The van der Waals surface area contributed by atoms with Gasteiger partial charge < -0.3 is 10.5 Å². The molecule has 5 heteroatoms. The van der Waals surface area contributed by atoms with Crippen LogP contribution in [0.15, 0.2) is 36.5 Å². The molecule has 0 amide bonds. The molecule has 0 bridgehead atoms. The molecule has 0 aliphatic heterocycles. The number of hydrogen-bond donors (Lipinski definition) is 1.